The summed E-state index contributed by atoms with van der Waals surface area (Å²) in [5.74, 6) is -4.24. The lowest BCUT2D eigenvalue weighted by atomic mass is 10.0. The Bertz CT molecular complexity index is 1510. The molecule has 2 rings (SSSR count). The van der Waals surface area contributed by atoms with E-state index in [0.717, 1.165) is 5.56 Å². The van der Waals surface area contributed by atoms with E-state index in [1.54, 1.807) is 30.3 Å². The van der Waals surface area contributed by atoms with E-state index in [1.165, 1.54) is 0 Å². The van der Waals surface area contributed by atoms with Gasteiger partial charge in [-0.2, -0.15) is 12.6 Å². The number of guanidine groups is 1. The van der Waals surface area contributed by atoms with Crippen molar-refractivity contribution in [2.75, 3.05) is 25.4 Å². The standard InChI is InChI=1S/C35H53N11O6S/c36-16-8-7-14-25(32(50)42-20-29(47)43-28(21-53)30(38)48)45-34(52)27(19-23-12-5-2-6-13-23)46-33(51)26(15-9-17-41-35(39)40)44-31(49)24(37)18-22-10-3-1-4-11-22/h1-6,10-13,24-28,53H,7-9,14-21,36-37H2,(H2,38,48)(H,42,50)(H,43,47)(H,44,49)(H,45,52)(H,46,51)(H4,39,40,41)/t24-,25-,26+,27-,28-/m0/s1. The summed E-state index contributed by atoms with van der Waals surface area (Å²) >= 11 is 3.99. The molecule has 17 nitrogen and oxygen atoms in total. The topological polar surface area (TPSA) is 305 Å². The van der Waals surface area contributed by atoms with Crippen molar-refractivity contribution in [2.45, 2.75) is 75.2 Å². The number of hydrogen-bond acceptors (Lipinski definition) is 10. The molecule has 290 valence electrons. The highest BCUT2D eigenvalue weighted by Crippen LogP contribution is 2.09. The van der Waals surface area contributed by atoms with Crippen LogP contribution in [0.3, 0.4) is 0 Å². The number of nitrogens with zero attached hydrogens (tertiary/aromatic N) is 1. The van der Waals surface area contributed by atoms with Crippen molar-refractivity contribution in [3.8, 4) is 0 Å². The van der Waals surface area contributed by atoms with Crippen LogP contribution in [-0.4, -0.2) is 97.0 Å². The molecule has 0 aliphatic heterocycles. The smallest absolute Gasteiger partial charge is 0.243 e. The van der Waals surface area contributed by atoms with Crippen LogP contribution in [0.2, 0.25) is 0 Å². The second-order valence-electron chi connectivity index (χ2n) is 12.3. The summed E-state index contributed by atoms with van der Waals surface area (Å²) in [5.41, 5.74) is 29.5. The molecule has 0 unspecified atom stereocenters. The molecule has 0 aromatic heterocycles. The summed E-state index contributed by atoms with van der Waals surface area (Å²) in [7, 11) is 0. The Morgan fingerprint density at radius 1 is 0.642 bits per heavy atom. The van der Waals surface area contributed by atoms with E-state index < -0.39 is 72.2 Å². The van der Waals surface area contributed by atoms with Gasteiger partial charge in [-0.05, 0) is 56.2 Å². The highest BCUT2D eigenvalue weighted by molar-refractivity contribution is 7.80. The second kappa shape index (κ2) is 24.1. The van der Waals surface area contributed by atoms with Gasteiger partial charge in [0, 0.05) is 18.7 Å². The molecule has 0 saturated heterocycles. The summed E-state index contributed by atoms with van der Waals surface area (Å²) in [6, 6.07) is 12.6. The zero-order valence-corrected chi connectivity index (χ0v) is 30.6. The molecular weight excluding hydrogens is 703 g/mol. The Hall–Kier alpha value is -5.20. The SMILES string of the molecule is NCCCC[C@H](NC(=O)[C@H](Cc1ccccc1)NC(=O)[C@@H](CCCN=C(N)N)NC(=O)[C@@H](N)Cc1ccccc1)C(=O)NCC(=O)N[C@@H](CS)C(N)=O. The predicted molar refractivity (Wildman–Crippen MR) is 205 cm³/mol. The molecule has 0 radical (unpaired) electrons. The van der Waals surface area contributed by atoms with Crippen molar-refractivity contribution in [2.24, 2.45) is 33.7 Å². The number of carbonyl (C=O) groups is 6. The van der Waals surface area contributed by atoms with Gasteiger partial charge in [0.15, 0.2) is 5.96 Å². The number of benzene rings is 2. The van der Waals surface area contributed by atoms with Gasteiger partial charge in [0.25, 0.3) is 0 Å². The molecule has 0 aliphatic carbocycles. The summed E-state index contributed by atoms with van der Waals surface area (Å²) in [4.78, 5) is 82.0. The lowest BCUT2D eigenvalue weighted by Crippen LogP contribution is -2.58. The van der Waals surface area contributed by atoms with Crippen LogP contribution >= 0.6 is 12.6 Å². The largest absolute Gasteiger partial charge is 0.370 e. The van der Waals surface area contributed by atoms with Gasteiger partial charge in [-0.1, -0.05) is 60.7 Å². The number of hydrogen-bond donors (Lipinski definition) is 11. The monoisotopic (exact) mass is 755 g/mol. The van der Waals surface area contributed by atoms with Crippen LogP contribution in [0.25, 0.3) is 0 Å². The van der Waals surface area contributed by atoms with Gasteiger partial charge in [-0.25, -0.2) is 0 Å². The number of aliphatic imine (C=N–C) groups is 1. The van der Waals surface area contributed by atoms with Gasteiger partial charge in [0.05, 0.1) is 12.6 Å². The number of rotatable bonds is 24. The van der Waals surface area contributed by atoms with Crippen LogP contribution in [0.15, 0.2) is 65.7 Å². The summed E-state index contributed by atoms with van der Waals surface area (Å²) in [5, 5.41) is 13.0. The van der Waals surface area contributed by atoms with Crippen molar-refractivity contribution in [1.82, 2.24) is 26.6 Å². The van der Waals surface area contributed by atoms with E-state index in [0.29, 0.717) is 31.4 Å². The molecule has 15 N–H and O–H groups in total. The van der Waals surface area contributed by atoms with Crippen LogP contribution in [0, 0.1) is 0 Å². The molecule has 0 bridgehead atoms. The molecule has 0 spiro atoms. The Kier molecular flexibility index (Phi) is 20.0. The van der Waals surface area contributed by atoms with E-state index in [1.807, 2.05) is 30.3 Å². The lowest BCUT2D eigenvalue weighted by molar-refractivity contribution is -0.134. The number of thiol groups is 1. The van der Waals surface area contributed by atoms with E-state index in [-0.39, 0.29) is 43.9 Å². The minimum Gasteiger partial charge on any atom is -0.370 e. The number of unbranched alkanes of at least 4 members (excludes halogenated alkanes) is 1. The average Bonchev–Trinajstić information content (AvgIpc) is 3.13. The highest BCUT2D eigenvalue weighted by Gasteiger charge is 2.31. The fourth-order valence-electron chi connectivity index (χ4n) is 5.12. The van der Waals surface area contributed by atoms with Gasteiger partial charge >= 0.3 is 0 Å². The molecule has 18 heteroatoms. The third-order valence-electron chi connectivity index (χ3n) is 7.99. The van der Waals surface area contributed by atoms with Crippen molar-refractivity contribution >= 4 is 54.0 Å². The van der Waals surface area contributed by atoms with Crippen molar-refractivity contribution in [3.05, 3.63) is 71.8 Å². The van der Waals surface area contributed by atoms with E-state index in [4.69, 9.17) is 28.7 Å². The van der Waals surface area contributed by atoms with Gasteiger partial charge in [0.2, 0.25) is 35.4 Å². The predicted octanol–water partition coefficient (Wildman–Crippen LogP) is -2.55. The first-order chi connectivity index (χ1) is 25.3. The highest BCUT2D eigenvalue weighted by atomic mass is 32.1. The van der Waals surface area contributed by atoms with Crippen LogP contribution in [-0.2, 0) is 41.6 Å². The molecule has 6 amide bonds. The van der Waals surface area contributed by atoms with E-state index in [9.17, 15) is 28.8 Å². The minimum atomic E-state index is -1.19. The zero-order chi connectivity index (χ0) is 39.2. The maximum absolute atomic E-state index is 13.9. The number of primary amides is 1. The fraction of sp³-hybridized carbons (Fsp3) is 0.457. The van der Waals surface area contributed by atoms with Gasteiger partial charge in [0.1, 0.15) is 24.2 Å². The first kappa shape index (κ1) is 44.0. The molecule has 2 aromatic rings. The summed E-state index contributed by atoms with van der Waals surface area (Å²) in [6.07, 6.45) is 1.88. The number of carbonyl (C=O) groups excluding carboxylic acids is 6. The number of nitrogens with one attached hydrogen (secondary N) is 5. The Morgan fingerprint density at radius 2 is 1.17 bits per heavy atom. The molecule has 5 atom stereocenters. The molecule has 2 aromatic carbocycles. The van der Waals surface area contributed by atoms with Gasteiger partial charge in [-0.3, -0.25) is 33.8 Å². The lowest BCUT2D eigenvalue weighted by Gasteiger charge is -2.26. The van der Waals surface area contributed by atoms with Crippen molar-refractivity contribution < 1.29 is 28.8 Å². The molecule has 0 fully saturated rings. The summed E-state index contributed by atoms with van der Waals surface area (Å²) in [6.45, 7) is 0.0276. The Labute approximate surface area is 314 Å². The quantitative estimate of drug-likeness (QED) is 0.0231. The average molecular weight is 756 g/mol. The fourth-order valence-corrected chi connectivity index (χ4v) is 5.39. The van der Waals surface area contributed by atoms with Crippen LogP contribution in [0.1, 0.15) is 43.2 Å². The van der Waals surface area contributed by atoms with E-state index in [2.05, 4.69) is 44.2 Å². The maximum atomic E-state index is 13.9. The van der Waals surface area contributed by atoms with Crippen molar-refractivity contribution in [1.29, 1.82) is 0 Å². The third-order valence-corrected chi connectivity index (χ3v) is 8.36. The van der Waals surface area contributed by atoms with Crippen LogP contribution in [0.4, 0.5) is 0 Å². The molecule has 0 saturated carbocycles. The normalized spacial score (nSPS) is 13.6. The number of amides is 6. The summed E-state index contributed by atoms with van der Waals surface area (Å²) < 4.78 is 0. The zero-order valence-electron chi connectivity index (χ0n) is 29.7. The Morgan fingerprint density at radius 3 is 1.74 bits per heavy atom. The van der Waals surface area contributed by atoms with Crippen LogP contribution in [0.5, 0.6) is 0 Å². The van der Waals surface area contributed by atoms with Gasteiger partial charge < -0.3 is 55.3 Å². The molecular formula is C35H53N11O6S. The van der Waals surface area contributed by atoms with Crippen LogP contribution < -0.4 is 55.3 Å². The van der Waals surface area contributed by atoms with E-state index >= 15 is 0 Å². The maximum Gasteiger partial charge on any atom is 0.243 e. The molecule has 0 aliphatic rings. The van der Waals surface area contributed by atoms with Gasteiger partial charge in [-0.15, -0.1) is 0 Å². The number of nitrogens with two attached hydrogens (primary N) is 5. The Balaban J connectivity index is 2.28. The second-order valence-corrected chi connectivity index (χ2v) is 12.7. The first-order valence-electron chi connectivity index (χ1n) is 17.3. The first-order valence-corrected chi connectivity index (χ1v) is 17.9. The molecule has 53 heavy (non-hydrogen) atoms. The molecule has 0 heterocycles. The third kappa shape index (κ3) is 17.2. The van der Waals surface area contributed by atoms with Crippen molar-refractivity contribution in [3.63, 3.8) is 0 Å². The minimum absolute atomic E-state index is 0.0391.